The number of rotatable bonds is 3. The van der Waals surface area contributed by atoms with Gasteiger partial charge in [0.25, 0.3) is 0 Å². The SMILES string of the molecule is Cc1cccc[c]1[Co]([c]1ccccc1C)[c]1ccccc1C.O=P(O)(O)O.P.P.P.P. The predicted octanol–water partition coefficient (Wildman–Crippen LogP) is 2.81. The van der Waals surface area contributed by atoms with Crippen LogP contribution < -0.4 is 13.5 Å². The van der Waals surface area contributed by atoms with Crippen molar-refractivity contribution in [3.63, 3.8) is 0 Å². The minimum absolute atomic E-state index is 0. The Morgan fingerprint density at radius 2 is 0.742 bits per heavy atom. The van der Waals surface area contributed by atoms with Gasteiger partial charge in [-0.2, -0.15) is 39.6 Å². The van der Waals surface area contributed by atoms with E-state index in [1.165, 1.54) is 30.2 Å². The summed E-state index contributed by atoms with van der Waals surface area (Å²) < 4.78 is 13.3. The van der Waals surface area contributed by atoms with Gasteiger partial charge in [-0.05, 0) is 0 Å². The summed E-state index contributed by atoms with van der Waals surface area (Å²) in [6, 6.07) is 26.4. The molecule has 3 aromatic carbocycles. The first-order chi connectivity index (χ1) is 12.7. The van der Waals surface area contributed by atoms with Crippen LogP contribution in [0.1, 0.15) is 16.7 Å². The zero-order valence-electron chi connectivity index (χ0n) is 18.3. The maximum atomic E-state index is 8.88. The second-order valence-electron chi connectivity index (χ2n) is 5.94. The van der Waals surface area contributed by atoms with Gasteiger partial charge in [0.05, 0.1) is 0 Å². The zero-order valence-corrected chi connectivity index (χ0v) is 25.9. The number of benzene rings is 3. The van der Waals surface area contributed by atoms with Crippen molar-refractivity contribution in [3.8, 4) is 0 Å². The van der Waals surface area contributed by atoms with Crippen molar-refractivity contribution < 1.29 is 32.9 Å². The molecule has 3 N–H and O–H groups in total. The fourth-order valence-electron chi connectivity index (χ4n) is 2.48. The van der Waals surface area contributed by atoms with Crippen molar-refractivity contribution in [3.05, 3.63) is 89.5 Å². The molecule has 0 aliphatic heterocycles. The Kier molecular flexibility index (Phi) is 19.0. The summed E-state index contributed by atoms with van der Waals surface area (Å²) in [5.41, 5.74) is 4.12. The molecule has 3 aromatic rings. The van der Waals surface area contributed by atoms with Crippen molar-refractivity contribution >= 4 is 60.9 Å². The Balaban J connectivity index is -0.000000790. The molecule has 31 heavy (non-hydrogen) atoms. The van der Waals surface area contributed by atoms with Crippen molar-refractivity contribution in [2.24, 2.45) is 0 Å². The molecule has 4 unspecified atom stereocenters. The second kappa shape index (κ2) is 16.6. The van der Waals surface area contributed by atoms with Gasteiger partial charge in [0.1, 0.15) is 0 Å². The number of hydrogen-bond donors (Lipinski definition) is 3. The maximum Gasteiger partial charge on any atom is 0.466 e. The standard InChI is InChI=1S/3C7H7.Co.H3O4P.4H3P/c3*1-7-5-3-2-4-6-7;;1-5(2,3)4;;;;/h3*2-5H,1H3;;(H3,1,2,3,4);4*1H3. The second-order valence-corrected chi connectivity index (χ2v) is 9.43. The van der Waals surface area contributed by atoms with Gasteiger partial charge >= 0.3 is 145 Å². The Morgan fingerprint density at radius 3 is 0.935 bits per heavy atom. The smallest absolute Gasteiger partial charge is 0.303 e. The molecule has 0 saturated heterocycles. The van der Waals surface area contributed by atoms with Crippen LogP contribution in [0.2, 0.25) is 0 Å². The molecule has 0 spiro atoms. The van der Waals surface area contributed by atoms with Crippen LogP contribution in [0.3, 0.4) is 0 Å². The molecule has 0 amide bonds. The van der Waals surface area contributed by atoms with E-state index in [9.17, 15) is 0 Å². The molecule has 178 valence electrons. The molecule has 0 aliphatic rings. The van der Waals surface area contributed by atoms with E-state index in [1.807, 2.05) is 0 Å². The Hall–Kier alpha value is -0.00351. The van der Waals surface area contributed by atoms with E-state index >= 15 is 0 Å². The Labute approximate surface area is 203 Å². The van der Waals surface area contributed by atoms with E-state index in [4.69, 9.17) is 19.2 Å². The van der Waals surface area contributed by atoms with Gasteiger partial charge in [-0.25, -0.2) is 4.57 Å². The topological polar surface area (TPSA) is 77.8 Å². The van der Waals surface area contributed by atoms with Crippen LogP contribution in [0, 0.1) is 20.8 Å². The molecule has 0 aliphatic carbocycles. The van der Waals surface area contributed by atoms with Crippen molar-refractivity contribution in [1.29, 1.82) is 0 Å². The fourth-order valence-corrected chi connectivity index (χ4v) is 5.70. The molecule has 0 fully saturated rings. The van der Waals surface area contributed by atoms with Gasteiger partial charge in [0, 0.05) is 0 Å². The third-order valence-electron chi connectivity index (χ3n) is 3.69. The minimum Gasteiger partial charge on any atom is -0.303 e. The molecule has 0 heterocycles. The van der Waals surface area contributed by atoms with Gasteiger partial charge in [-0.15, -0.1) is 0 Å². The van der Waals surface area contributed by atoms with Gasteiger partial charge in [-0.1, -0.05) is 0 Å². The maximum absolute atomic E-state index is 8.88. The first kappa shape index (κ1) is 35.6. The van der Waals surface area contributed by atoms with Crippen molar-refractivity contribution in [2.45, 2.75) is 20.8 Å². The quantitative estimate of drug-likeness (QED) is 0.427. The largest absolute Gasteiger partial charge is 0.466 e. The molecular formula is C21H36CoO4P5. The third-order valence-corrected chi connectivity index (χ3v) is 7.13. The van der Waals surface area contributed by atoms with Crippen LogP contribution in [-0.2, 0) is 18.2 Å². The number of aryl methyl sites for hydroxylation is 3. The van der Waals surface area contributed by atoms with Crippen LogP contribution >= 0.6 is 47.4 Å². The van der Waals surface area contributed by atoms with E-state index in [0.29, 0.717) is 0 Å². The summed E-state index contributed by atoms with van der Waals surface area (Å²) >= 11 is -0.480. The van der Waals surface area contributed by atoms with Crippen LogP contribution in [-0.4, -0.2) is 14.7 Å². The van der Waals surface area contributed by atoms with E-state index in [2.05, 4.69) is 93.6 Å². The molecular weight excluding hydrogens is 530 g/mol. The van der Waals surface area contributed by atoms with E-state index in [-0.39, 0.29) is 39.6 Å². The van der Waals surface area contributed by atoms with Crippen LogP contribution in [0.15, 0.2) is 72.8 Å². The first-order valence-corrected chi connectivity index (χ1v) is 11.4. The summed E-state index contributed by atoms with van der Waals surface area (Å²) in [4.78, 5) is 21.6. The monoisotopic (exact) mass is 566 g/mol. The van der Waals surface area contributed by atoms with Gasteiger partial charge in [0.2, 0.25) is 0 Å². The normalized spacial score (nSPS) is 9.94. The molecule has 10 heteroatoms. The summed E-state index contributed by atoms with van der Waals surface area (Å²) in [5.74, 6) is 0. The average molecular weight is 566 g/mol. The summed E-state index contributed by atoms with van der Waals surface area (Å²) in [6.07, 6.45) is 0. The Morgan fingerprint density at radius 1 is 0.548 bits per heavy atom. The van der Waals surface area contributed by atoms with Gasteiger partial charge in [0.15, 0.2) is 0 Å². The Bertz CT molecular complexity index is 849. The van der Waals surface area contributed by atoms with Gasteiger partial charge < -0.3 is 14.7 Å². The van der Waals surface area contributed by atoms with Crippen molar-refractivity contribution in [2.75, 3.05) is 0 Å². The number of hydrogen-bond acceptors (Lipinski definition) is 1. The van der Waals surface area contributed by atoms with E-state index in [0.717, 1.165) is 0 Å². The molecule has 0 bridgehead atoms. The average Bonchev–Trinajstić information content (AvgIpc) is 2.58. The summed E-state index contributed by atoms with van der Waals surface area (Å²) in [5, 5.41) is 0. The summed E-state index contributed by atoms with van der Waals surface area (Å²) in [7, 11) is -4.64. The van der Waals surface area contributed by atoms with Crippen LogP contribution in [0.4, 0.5) is 0 Å². The summed E-state index contributed by atoms with van der Waals surface area (Å²) in [6.45, 7) is 6.67. The number of phosphoric acid groups is 1. The molecule has 4 atom stereocenters. The third kappa shape index (κ3) is 11.6. The van der Waals surface area contributed by atoms with Crippen LogP contribution in [0.25, 0.3) is 0 Å². The predicted molar refractivity (Wildman–Crippen MR) is 151 cm³/mol. The van der Waals surface area contributed by atoms with Crippen LogP contribution in [0.5, 0.6) is 0 Å². The van der Waals surface area contributed by atoms with Gasteiger partial charge in [-0.3, -0.25) is 0 Å². The molecule has 4 nitrogen and oxygen atoms in total. The fraction of sp³-hybridized carbons (Fsp3) is 0.143. The molecule has 0 radical (unpaired) electrons. The van der Waals surface area contributed by atoms with E-state index < -0.39 is 21.5 Å². The zero-order chi connectivity index (χ0) is 20.0. The first-order valence-electron chi connectivity index (χ1n) is 8.26. The molecule has 3 rings (SSSR count). The molecule has 0 saturated carbocycles. The molecule has 0 aromatic heterocycles. The van der Waals surface area contributed by atoms with Crippen molar-refractivity contribution in [1.82, 2.24) is 0 Å². The minimum atomic E-state index is -4.64. The van der Waals surface area contributed by atoms with E-state index in [1.54, 1.807) is 0 Å².